The van der Waals surface area contributed by atoms with Crippen LogP contribution in [0.3, 0.4) is 0 Å². The molecule has 0 atom stereocenters. The molecule has 6 nitrogen and oxygen atoms in total. The van der Waals surface area contributed by atoms with E-state index in [1.807, 2.05) is 4.90 Å². The van der Waals surface area contributed by atoms with Crippen molar-refractivity contribution >= 4 is 42.3 Å². The highest BCUT2D eigenvalue weighted by Crippen LogP contribution is 2.28. The fourth-order valence-electron chi connectivity index (χ4n) is 4.20. The van der Waals surface area contributed by atoms with Crippen LogP contribution in [0.5, 0.6) is 0 Å². The van der Waals surface area contributed by atoms with Crippen molar-refractivity contribution in [3.05, 3.63) is 70.3 Å². The monoisotopic (exact) mass is 477 g/mol. The molecule has 0 N–H and O–H groups in total. The molecular formula is C24H29Cl2N3O3. The molecule has 0 bridgehead atoms. The van der Waals surface area contributed by atoms with Gasteiger partial charge in [-0.2, -0.15) is 0 Å². The van der Waals surface area contributed by atoms with E-state index in [0.29, 0.717) is 40.9 Å². The zero-order chi connectivity index (χ0) is 21.3. The van der Waals surface area contributed by atoms with Gasteiger partial charge in [-0.1, -0.05) is 24.3 Å². The molecule has 0 unspecified atom stereocenters. The summed E-state index contributed by atoms with van der Waals surface area (Å²) in [5.41, 5.74) is 2.01. The number of carbonyl (C=O) groups excluding carboxylic acids is 3. The molecule has 0 saturated carbocycles. The van der Waals surface area contributed by atoms with Crippen LogP contribution in [0.1, 0.15) is 48.6 Å². The maximum atomic E-state index is 13.0. The SMILES string of the molecule is CN(C)CCCN1CCN(C(=O)c2ccc3c(c2)C(=O)c2ccccc2C3=O)CC1.Cl.Cl. The zero-order valence-electron chi connectivity index (χ0n) is 18.4. The van der Waals surface area contributed by atoms with Crippen LogP contribution in [0.15, 0.2) is 42.5 Å². The fourth-order valence-corrected chi connectivity index (χ4v) is 4.20. The Balaban J connectivity index is 0.00000181. The predicted octanol–water partition coefficient (Wildman–Crippen LogP) is 3.02. The Kier molecular flexibility index (Phi) is 8.98. The van der Waals surface area contributed by atoms with E-state index in [0.717, 1.165) is 32.6 Å². The molecule has 0 spiro atoms. The Morgan fingerprint density at radius 1 is 0.844 bits per heavy atom. The van der Waals surface area contributed by atoms with Gasteiger partial charge in [0.05, 0.1) is 0 Å². The standard InChI is InChI=1S/C24H27N3O3.2ClH/c1-25(2)10-5-11-26-12-14-27(15-13-26)24(30)17-8-9-20-21(16-17)23(29)19-7-4-3-6-18(19)22(20)28;;/h3-4,6-9,16H,5,10-15H2,1-2H3;2*1H. The second-order valence-corrected chi connectivity index (χ2v) is 8.25. The molecule has 1 saturated heterocycles. The average molecular weight is 478 g/mol. The van der Waals surface area contributed by atoms with Gasteiger partial charge in [-0.05, 0) is 51.8 Å². The third kappa shape index (κ3) is 5.21. The van der Waals surface area contributed by atoms with Crippen LogP contribution in [-0.4, -0.2) is 85.5 Å². The van der Waals surface area contributed by atoms with Crippen molar-refractivity contribution < 1.29 is 14.4 Å². The summed E-state index contributed by atoms with van der Waals surface area (Å²) in [6, 6.07) is 11.7. The molecule has 0 radical (unpaired) electrons. The second kappa shape index (κ2) is 11.1. The number of piperazine rings is 1. The number of hydrogen-bond donors (Lipinski definition) is 0. The van der Waals surface area contributed by atoms with Crippen LogP contribution in [0.25, 0.3) is 0 Å². The maximum absolute atomic E-state index is 13.0. The van der Waals surface area contributed by atoms with Crippen molar-refractivity contribution in [2.45, 2.75) is 6.42 Å². The van der Waals surface area contributed by atoms with Gasteiger partial charge in [0.1, 0.15) is 0 Å². The van der Waals surface area contributed by atoms with E-state index in [-0.39, 0.29) is 42.3 Å². The van der Waals surface area contributed by atoms with Crippen LogP contribution in [0.2, 0.25) is 0 Å². The number of halogens is 2. The van der Waals surface area contributed by atoms with Crippen LogP contribution >= 0.6 is 24.8 Å². The summed E-state index contributed by atoms with van der Waals surface area (Å²) < 4.78 is 0. The van der Waals surface area contributed by atoms with Gasteiger partial charge in [0, 0.05) is 54.0 Å². The topological polar surface area (TPSA) is 60.9 Å². The van der Waals surface area contributed by atoms with Crippen molar-refractivity contribution in [2.75, 3.05) is 53.4 Å². The van der Waals surface area contributed by atoms with E-state index in [2.05, 4.69) is 23.9 Å². The zero-order valence-corrected chi connectivity index (χ0v) is 20.0. The second-order valence-electron chi connectivity index (χ2n) is 8.25. The molecule has 1 fully saturated rings. The van der Waals surface area contributed by atoms with Gasteiger partial charge in [-0.15, -0.1) is 24.8 Å². The number of amides is 1. The Bertz CT molecular complexity index is 1000. The van der Waals surface area contributed by atoms with Crippen molar-refractivity contribution in [1.82, 2.24) is 14.7 Å². The summed E-state index contributed by atoms with van der Waals surface area (Å²) in [6.07, 6.45) is 1.11. The van der Waals surface area contributed by atoms with E-state index in [1.165, 1.54) is 0 Å². The first-order valence-corrected chi connectivity index (χ1v) is 10.4. The lowest BCUT2D eigenvalue weighted by molar-refractivity contribution is 0.0633. The summed E-state index contributed by atoms with van der Waals surface area (Å²) in [4.78, 5) is 45.1. The summed E-state index contributed by atoms with van der Waals surface area (Å²) in [7, 11) is 4.15. The summed E-state index contributed by atoms with van der Waals surface area (Å²) in [5.74, 6) is -0.434. The van der Waals surface area contributed by atoms with E-state index >= 15 is 0 Å². The van der Waals surface area contributed by atoms with Gasteiger partial charge in [0.15, 0.2) is 11.6 Å². The number of hydrogen-bond acceptors (Lipinski definition) is 5. The Morgan fingerprint density at radius 2 is 1.41 bits per heavy atom. The van der Waals surface area contributed by atoms with E-state index in [9.17, 15) is 14.4 Å². The largest absolute Gasteiger partial charge is 0.336 e. The average Bonchev–Trinajstić information content (AvgIpc) is 2.77. The molecule has 1 heterocycles. The summed E-state index contributed by atoms with van der Waals surface area (Å²) in [5, 5.41) is 0. The van der Waals surface area contributed by atoms with E-state index < -0.39 is 0 Å². The van der Waals surface area contributed by atoms with Crippen LogP contribution in [0, 0.1) is 0 Å². The molecule has 172 valence electrons. The fraction of sp³-hybridized carbons (Fsp3) is 0.375. The van der Waals surface area contributed by atoms with Crippen molar-refractivity contribution in [3.8, 4) is 0 Å². The van der Waals surface area contributed by atoms with Gasteiger partial charge in [-0.25, -0.2) is 0 Å². The molecule has 1 aliphatic carbocycles. The van der Waals surface area contributed by atoms with Crippen molar-refractivity contribution in [2.24, 2.45) is 0 Å². The predicted molar refractivity (Wildman–Crippen MR) is 130 cm³/mol. The molecular weight excluding hydrogens is 449 g/mol. The lowest BCUT2D eigenvalue weighted by atomic mass is 9.83. The highest BCUT2D eigenvalue weighted by Gasteiger charge is 2.31. The molecule has 2 aromatic rings. The van der Waals surface area contributed by atoms with Crippen molar-refractivity contribution in [1.29, 1.82) is 0 Å². The quantitative estimate of drug-likeness (QED) is 0.565. The van der Waals surface area contributed by atoms with E-state index in [1.54, 1.807) is 42.5 Å². The minimum atomic E-state index is -0.194. The smallest absolute Gasteiger partial charge is 0.253 e. The summed E-state index contributed by atoms with van der Waals surface area (Å²) in [6.45, 7) is 5.16. The number of ketones is 2. The third-order valence-electron chi connectivity index (χ3n) is 5.91. The Hall–Kier alpha value is -2.25. The van der Waals surface area contributed by atoms with Crippen molar-refractivity contribution in [3.63, 3.8) is 0 Å². The number of carbonyl (C=O) groups is 3. The molecule has 1 aliphatic heterocycles. The summed E-state index contributed by atoms with van der Waals surface area (Å²) >= 11 is 0. The Labute approximate surface area is 201 Å². The van der Waals surface area contributed by atoms with Crippen LogP contribution in [0.4, 0.5) is 0 Å². The van der Waals surface area contributed by atoms with Gasteiger partial charge >= 0.3 is 0 Å². The van der Waals surface area contributed by atoms with Gasteiger partial charge < -0.3 is 9.80 Å². The first kappa shape index (κ1) is 26.0. The van der Waals surface area contributed by atoms with E-state index in [4.69, 9.17) is 0 Å². The molecule has 1 amide bonds. The lowest BCUT2D eigenvalue weighted by Gasteiger charge is -2.35. The van der Waals surface area contributed by atoms with Gasteiger partial charge in [0.2, 0.25) is 0 Å². The molecule has 4 rings (SSSR count). The molecule has 32 heavy (non-hydrogen) atoms. The van der Waals surface area contributed by atoms with Crippen LogP contribution in [-0.2, 0) is 0 Å². The maximum Gasteiger partial charge on any atom is 0.253 e. The lowest BCUT2D eigenvalue weighted by Crippen LogP contribution is -2.49. The molecule has 8 heteroatoms. The van der Waals surface area contributed by atoms with Gasteiger partial charge in [0.25, 0.3) is 5.91 Å². The highest BCUT2D eigenvalue weighted by molar-refractivity contribution is 6.28. The molecule has 0 aromatic heterocycles. The number of rotatable bonds is 5. The Morgan fingerprint density at radius 3 is 2.00 bits per heavy atom. The molecule has 2 aliphatic rings. The highest BCUT2D eigenvalue weighted by atomic mass is 35.5. The van der Waals surface area contributed by atoms with Crippen LogP contribution < -0.4 is 0 Å². The number of fused-ring (bicyclic) bond motifs is 2. The number of benzene rings is 2. The minimum Gasteiger partial charge on any atom is -0.336 e. The molecule has 2 aromatic carbocycles. The minimum absolute atomic E-state index is 0. The van der Waals surface area contributed by atoms with Gasteiger partial charge in [-0.3, -0.25) is 19.3 Å². The number of nitrogens with zero attached hydrogens (tertiary/aromatic N) is 3. The third-order valence-corrected chi connectivity index (χ3v) is 5.91. The first-order valence-electron chi connectivity index (χ1n) is 10.4. The first-order chi connectivity index (χ1) is 14.5. The normalized spacial score (nSPS) is 15.5.